The SMILES string of the molecule is CC(O)(CNC(=O)C1CC(=O)N(c2ccc3c(c2)Cc2ccccc2-3)C1)C(=O)O. The Hall–Kier alpha value is -3.19. The number of benzene rings is 2. The molecule has 2 atom stereocenters. The van der Waals surface area contributed by atoms with Gasteiger partial charge in [-0.1, -0.05) is 30.3 Å². The molecule has 2 aromatic carbocycles. The molecule has 0 spiro atoms. The van der Waals surface area contributed by atoms with Crippen molar-refractivity contribution in [1.29, 1.82) is 0 Å². The lowest BCUT2D eigenvalue weighted by Gasteiger charge is -2.20. The number of carboxylic acids is 1. The molecular formula is C22H22N2O5. The van der Waals surface area contributed by atoms with Crippen LogP contribution in [0.15, 0.2) is 42.5 Å². The number of anilines is 1. The molecule has 1 aliphatic heterocycles. The van der Waals surface area contributed by atoms with Crippen LogP contribution in [0, 0.1) is 5.92 Å². The van der Waals surface area contributed by atoms with Gasteiger partial charge in [0.2, 0.25) is 11.8 Å². The van der Waals surface area contributed by atoms with Crippen molar-refractivity contribution >= 4 is 23.5 Å². The first kappa shape index (κ1) is 19.1. The van der Waals surface area contributed by atoms with E-state index in [9.17, 15) is 19.5 Å². The summed E-state index contributed by atoms with van der Waals surface area (Å²) in [5.74, 6) is -2.58. The second kappa shape index (κ2) is 7.00. The highest BCUT2D eigenvalue weighted by molar-refractivity contribution is 6.00. The van der Waals surface area contributed by atoms with Crippen LogP contribution in [0.5, 0.6) is 0 Å². The quantitative estimate of drug-likeness (QED) is 0.609. The van der Waals surface area contributed by atoms with Crippen LogP contribution in [0.2, 0.25) is 0 Å². The number of fused-ring (bicyclic) bond motifs is 3. The average Bonchev–Trinajstić information content (AvgIpc) is 3.26. The summed E-state index contributed by atoms with van der Waals surface area (Å²) < 4.78 is 0. The summed E-state index contributed by atoms with van der Waals surface area (Å²) >= 11 is 0. The van der Waals surface area contributed by atoms with Crippen LogP contribution >= 0.6 is 0 Å². The Labute approximate surface area is 168 Å². The number of aliphatic hydroxyl groups is 1. The number of rotatable bonds is 5. The summed E-state index contributed by atoms with van der Waals surface area (Å²) in [6, 6.07) is 14.1. The molecule has 0 saturated carbocycles. The third-order valence-electron chi connectivity index (χ3n) is 5.65. The zero-order valence-electron chi connectivity index (χ0n) is 16.0. The first-order valence-corrected chi connectivity index (χ1v) is 9.51. The summed E-state index contributed by atoms with van der Waals surface area (Å²) in [5.41, 5.74) is 3.50. The minimum Gasteiger partial charge on any atom is -0.479 e. The maximum Gasteiger partial charge on any atom is 0.337 e. The zero-order valence-corrected chi connectivity index (χ0v) is 16.0. The molecule has 0 aromatic heterocycles. The Kier molecular flexibility index (Phi) is 4.62. The fourth-order valence-electron chi connectivity index (χ4n) is 3.91. The summed E-state index contributed by atoms with van der Waals surface area (Å²) in [4.78, 5) is 37.5. The van der Waals surface area contributed by atoms with Gasteiger partial charge in [-0.05, 0) is 47.7 Å². The molecule has 29 heavy (non-hydrogen) atoms. The molecule has 1 heterocycles. The third-order valence-corrected chi connectivity index (χ3v) is 5.65. The van der Waals surface area contributed by atoms with Crippen LogP contribution in [0.1, 0.15) is 24.5 Å². The van der Waals surface area contributed by atoms with Gasteiger partial charge in [0.05, 0.1) is 12.5 Å². The highest BCUT2D eigenvalue weighted by Gasteiger charge is 2.37. The number of carboxylic acid groups (broad SMARTS) is 1. The van der Waals surface area contributed by atoms with Gasteiger partial charge in [-0.15, -0.1) is 0 Å². The van der Waals surface area contributed by atoms with Crippen LogP contribution in [0.3, 0.4) is 0 Å². The van der Waals surface area contributed by atoms with Crippen molar-refractivity contribution in [1.82, 2.24) is 5.32 Å². The minimum absolute atomic E-state index is 0.0539. The third kappa shape index (κ3) is 3.49. The van der Waals surface area contributed by atoms with E-state index in [1.54, 1.807) is 4.90 Å². The summed E-state index contributed by atoms with van der Waals surface area (Å²) in [6.07, 6.45) is 0.869. The van der Waals surface area contributed by atoms with E-state index in [-0.39, 0.29) is 18.9 Å². The first-order chi connectivity index (χ1) is 13.8. The average molecular weight is 394 g/mol. The summed E-state index contributed by atoms with van der Waals surface area (Å²) in [6.45, 7) is 0.929. The van der Waals surface area contributed by atoms with Gasteiger partial charge < -0.3 is 20.4 Å². The predicted octanol–water partition coefficient (Wildman–Crippen LogP) is 1.56. The molecule has 2 aliphatic rings. The molecule has 0 bridgehead atoms. The van der Waals surface area contributed by atoms with Crippen LogP contribution < -0.4 is 10.2 Å². The van der Waals surface area contributed by atoms with Crippen molar-refractivity contribution < 1.29 is 24.6 Å². The lowest BCUT2D eigenvalue weighted by molar-refractivity contribution is -0.156. The molecule has 1 aliphatic carbocycles. The molecule has 3 N–H and O–H groups in total. The fraction of sp³-hybridized carbons (Fsp3) is 0.318. The van der Waals surface area contributed by atoms with Gasteiger partial charge in [-0.3, -0.25) is 9.59 Å². The normalized spacial score (nSPS) is 19.4. The Bertz CT molecular complexity index is 1010. The molecule has 7 heteroatoms. The smallest absolute Gasteiger partial charge is 0.337 e. The molecule has 2 unspecified atom stereocenters. The maximum absolute atomic E-state index is 12.5. The Balaban J connectivity index is 1.46. The molecule has 4 rings (SSSR count). The number of nitrogens with zero attached hydrogens (tertiary/aromatic N) is 1. The minimum atomic E-state index is -2.05. The first-order valence-electron chi connectivity index (χ1n) is 9.51. The van der Waals surface area contributed by atoms with E-state index < -0.39 is 29.9 Å². The van der Waals surface area contributed by atoms with Gasteiger partial charge in [0.25, 0.3) is 0 Å². The number of amides is 2. The maximum atomic E-state index is 12.5. The topological polar surface area (TPSA) is 107 Å². The van der Waals surface area contributed by atoms with E-state index in [0.717, 1.165) is 24.6 Å². The molecule has 150 valence electrons. The number of hydrogen-bond acceptors (Lipinski definition) is 4. The molecule has 2 aromatic rings. The van der Waals surface area contributed by atoms with Gasteiger partial charge >= 0.3 is 5.97 Å². The van der Waals surface area contributed by atoms with Crippen molar-refractivity contribution in [3.63, 3.8) is 0 Å². The number of nitrogens with one attached hydrogen (secondary N) is 1. The lowest BCUT2D eigenvalue weighted by Crippen LogP contribution is -2.48. The summed E-state index contributed by atoms with van der Waals surface area (Å²) in [5, 5.41) is 21.1. The fourth-order valence-corrected chi connectivity index (χ4v) is 3.91. The van der Waals surface area contributed by atoms with Crippen LogP contribution in [0.25, 0.3) is 11.1 Å². The summed E-state index contributed by atoms with van der Waals surface area (Å²) in [7, 11) is 0. The molecule has 1 fully saturated rings. The Morgan fingerprint density at radius 2 is 1.90 bits per heavy atom. The second-order valence-corrected chi connectivity index (χ2v) is 7.88. The Morgan fingerprint density at radius 3 is 2.66 bits per heavy atom. The van der Waals surface area contributed by atoms with Crippen molar-refractivity contribution in [2.24, 2.45) is 5.92 Å². The van der Waals surface area contributed by atoms with Crippen LogP contribution in [-0.4, -0.2) is 46.7 Å². The van der Waals surface area contributed by atoms with E-state index in [1.165, 1.54) is 16.7 Å². The van der Waals surface area contributed by atoms with Crippen molar-refractivity contribution in [3.05, 3.63) is 53.6 Å². The van der Waals surface area contributed by atoms with Gasteiger partial charge in [-0.2, -0.15) is 0 Å². The number of aliphatic carboxylic acids is 1. The molecule has 2 amide bonds. The van der Waals surface area contributed by atoms with Crippen molar-refractivity contribution in [3.8, 4) is 11.1 Å². The predicted molar refractivity (Wildman–Crippen MR) is 106 cm³/mol. The zero-order chi connectivity index (χ0) is 20.8. The van der Waals surface area contributed by atoms with Gasteiger partial charge in [-0.25, -0.2) is 4.79 Å². The second-order valence-electron chi connectivity index (χ2n) is 7.88. The van der Waals surface area contributed by atoms with E-state index >= 15 is 0 Å². The van der Waals surface area contributed by atoms with E-state index in [1.807, 2.05) is 30.3 Å². The molecular weight excluding hydrogens is 372 g/mol. The van der Waals surface area contributed by atoms with Crippen LogP contribution in [0.4, 0.5) is 5.69 Å². The number of hydrogen-bond donors (Lipinski definition) is 3. The Morgan fingerprint density at radius 1 is 1.17 bits per heavy atom. The standard InChI is InChI=1S/C22H22N2O5/c1-22(29,21(27)28)12-23-20(26)15-10-19(25)24(11-15)16-6-7-18-14(9-16)8-13-4-2-3-5-17(13)18/h2-7,9,15,29H,8,10-12H2,1H3,(H,23,26)(H,27,28). The molecule has 1 saturated heterocycles. The van der Waals surface area contributed by atoms with Crippen LogP contribution in [-0.2, 0) is 20.8 Å². The highest BCUT2D eigenvalue weighted by atomic mass is 16.4. The monoisotopic (exact) mass is 394 g/mol. The van der Waals surface area contributed by atoms with Gasteiger partial charge in [0.1, 0.15) is 0 Å². The largest absolute Gasteiger partial charge is 0.479 e. The van der Waals surface area contributed by atoms with Crippen molar-refractivity contribution in [2.75, 3.05) is 18.0 Å². The van der Waals surface area contributed by atoms with Gasteiger partial charge in [0.15, 0.2) is 5.60 Å². The lowest BCUT2D eigenvalue weighted by atomic mass is 10.0. The van der Waals surface area contributed by atoms with Crippen molar-refractivity contribution in [2.45, 2.75) is 25.4 Å². The van der Waals surface area contributed by atoms with E-state index in [2.05, 4.69) is 17.4 Å². The van der Waals surface area contributed by atoms with E-state index in [0.29, 0.717) is 0 Å². The molecule has 7 nitrogen and oxygen atoms in total. The van der Waals surface area contributed by atoms with E-state index in [4.69, 9.17) is 5.11 Å². The number of carbonyl (C=O) groups excluding carboxylic acids is 2. The molecule has 0 radical (unpaired) electrons. The number of carbonyl (C=O) groups is 3. The highest BCUT2D eigenvalue weighted by Crippen LogP contribution is 2.39. The van der Waals surface area contributed by atoms with Gasteiger partial charge in [0, 0.05) is 18.7 Å².